The Kier molecular flexibility index (Phi) is 4.22. The number of aromatic nitrogens is 2. The molecule has 0 bridgehead atoms. The fourth-order valence-electron chi connectivity index (χ4n) is 2.49. The lowest BCUT2D eigenvalue weighted by atomic mass is 9.94. The Morgan fingerprint density at radius 2 is 2.33 bits per heavy atom. The monoisotopic (exact) mass is 314 g/mol. The van der Waals surface area contributed by atoms with Gasteiger partial charge >= 0.3 is 0 Å². The minimum Gasteiger partial charge on any atom is -0.378 e. The number of aryl methyl sites for hydroxylation is 2. The molecule has 0 radical (unpaired) electrons. The first kappa shape index (κ1) is 13.7. The Labute approximate surface area is 116 Å². The van der Waals surface area contributed by atoms with E-state index in [2.05, 4.69) is 21.0 Å². The maximum Gasteiger partial charge on any atom is 0.144 e. The van der Waals surface area contributed by atoms with E-state index in [1.165, 1.54) is 0 Å². The van der Waals surface area contributed by atoms with Crippen molar-refractivity contribution in [2.45, 2.75) is 46.3 Å². The Hall–Kier alpha value is -0.680. The predicted octanol–water partition coefficient (Wildman–Crippen LogP) is 2.51. The molecule has 0 N–H and O–H groups in total. The van der Waals surface area contributed by atoms with Crippen LogP contribution in [0.3, 0.4) is 0 Å². The largest absolute Gasteiger partial charge is 0.378 e. The minimum absolute atomic E-state index is 0.0393. The van der Waals surface area contributed by atoms with Gasteiger partial charge in [0.2, 0.25) is 0 Å². The smallest absolute Gasteiger partial charge is 0.144 e. The van der Waals surface area contributed by atoms with Crippen molar-refractivity contribution < 1.29 is 9.53 Å². The molecule has 2 unspecified atom stereocenters. The van der Waals surface area contributed by atoms with Crippen LogP contribution in [0.4, 0.5) is 0 Å². The third kappa shape index (κ3) is 2.52. The topological polar surface area (TPSA) is 44.1 Å². The van der Waals surface area contributed by atoms with E-state index in [9.17, 15) is 4.79 Å². The Morgan fingerprint density at radius 3 is 2.89 bits per heavy atom. The molecule has 100 valence electrons. The van der Waals surface area contributed by atoms with Crippen molar-refractivity contribution in [2.24, 2.45) is 5.92 Å². The molecule has 1 aromatic rings. The normalized spacial score (nSPS) is 23.6. The molecule has 0 aromatic carbocycles. The van der Waals surface area contributed by atoms with Crippen LogP contribution in [0.5, 0.6) is 0 Å². The number of hydrogen-bond donors (Lipinski definition) is 0. The molecule has 5 heteroatoms. The summed E-state index contributed by atoms with van der Waals surface area (Å²) in [5.41, 5.74) is 1.93. The molecule has 0 aliphatic carbocycles. The zero-order valence-corrected chi connectivity index (χ0v) is 12.7. The van der Waals surface area contributed by atoms with Gasteiger partial charge in [-0.05, 0) is 43.1 Å². The highest BCUT2D eigenvalue weighted by atomic mass is 79.9. The molecule has 2 heterocycles. The van der Waals surface area contributed by atoms with Crippen LogP contribution in [0, 0.1) is 12.8 Å². The number of halogens is 1. The van der Waals surface area contributed by atoms with Crippen LogP contribution in [0.2, 0.25) is 0 Å². The first-order valence-corrected chi connectivity index (χ1v) is 7.20. The van der Waals surface area contributed by atoms with Gasteiger partial charge in [-0.1, -0.05) is 0 Å². The second-order valence-corrected chi connectivity index (χ2v) is 5.57. The van der Waals surface area contributed by atoms with Crippen LogP contribution in [0.25, 0.3) is 0 Å². The van der Waals surface area contributed by atoms with Gasteiger partial charge in [0.1, 0.15) is 5.78 Å². The molecule has 1 fully saturated rings. The van der Waals surface area contributed by atoms with Gasteiger partial charge in [-0.2, -0.15) is 5.10 Å². The van der Waals surface area contributed by atoms with E-state index in [0.29, 0.717) is 13.0 Å². The molecular weight excluding hydrogens is 296 g/mol. The number of nitrogens with zero attached hydrogens (tertiary/aromatic N) is 2. The molecule has 2 atom stereocenters. The maximum absolute atomic E-state index is 12.3. The summed E-state index contributed by atoms with van der Waals surface area (Å²) >= 11 is 3.53. The van der Waals surface area contributed by atoms with E-state index in [0.717, 1.165) is 28.8 Å². The molecule has 1 aliphatic heterocycles. The highest BCUT2D eigenvalue weighted by Crippen LogP contribution is 2.26. The molecule has 0 amide bonds. The van der Waals surface area contributed by atoms with E-state index in [4.69, 9.17) is 4.74 Å². The summed E-state index contributed by atoms with van der Waals surface area (Å²) in [6.45, 7) is 7.45. The number of rotatable bonds is 4. The van der Waals surface area contributed by atoms with Crippen LogP contribution in [0.15, 0.2) is 4.47 Å². The van der Waals surface area contributed by atoms with Crippen molar-refractivity contribution >= 4 is 21.7 Å². The van der Waals surface area contributed by atoms with Crippen LogP contribution in [-0.2, 0) is 22.5 Å². The fourth-order valence-corrected chi connectivity index (χ4v) is 2.91. The first-order valence-electron chi connectivity index (χ1n) is 6.40. The highest BCUT2D eigenvalue weighted by molar-refractivity contribution is 9.10. The number of carbonyl (C=O) groups is 1. The van der Waals surface area contributed by atoms with Crippen LogP contribution < -0.4 is 0 Å². The summed E-state index contributed by atoms with van der Waals surface area (Å²) in [6, 6.07) is 0. The highest BCUT2D eigenvalue weighted by Gasteiger charge is 2.31. The van der Waals surface area contributed by atoms with Gasteiger partial charge in [0, 0.05) is 25.5 Å². The summed E-state index contributed by atoms with van der Waals surface area (Å²) in [4.78, 5) is 12.3. The number of ether oxygens (including phenoxy) is 1. The summed E-state index contributed by atoms with van der Waals surface area (Å²) in [5.74, 6) is 0.299. The Bertz CT molecular complexity index is 456. The van der Waals surface area contributed by atoms with E-state index in [-0.39, 0.29) is 17.8 Å². The molecule has 1 aromatic heterocycles. The lowest BCUT2D eigenvalue weighted by molar-refractivity contribution is -0.123. The molecule has 4 nitrogen and oxygen atoms in total. The molecule has 2 rings (SSSR count). The van der Waals surface area contributed by atoms with Crippen molar-refractivity contribution in [1.29, 1.82) is 0 Å². The Balaban J connectivity index is 2.16. The van der Waals surface area contributed by atoms with Crippen molar-refractivity contribution in [2.75, 3.05) is 6.61 Å². The molecule has 0 spiro atoms. The van der Waals surface area contributed by atoms with Crippen molar-refractivity contribution in [3.63, 3.8) is 0 Å². The van der Waals surface area contributed by atoms with Crippen LogP contribution >= 0.6 is 15.9 Å². The number of Topliss-reactive ketones (excluding diaryl/α,β-unsaturated/α-hetero) is 1. The van der Waals surface area contributed by atoms with Crippen LogP contribution in [-0.4, -0.2) is 28.3 Å². The van der Waals surface area contributed by atoms with Crippen molar-refractivity contribution in [3.8, 4) is 0 Å². The van der Waals surface area contributed by atoms with Crippen LogP contribution in [0.1, 0.15) is 31.7 Å². The van der Waals surface area contributed by atoms with Gasteiger partial charge in [0.25, 0.3) is 0 Å². The molecule has 18 heavy (non-hydrogen) atoms. The van der Waals surface area contributed by atoms with Gasteiger partial charge in [0.05, 0.1) is 22.0 Å². The van der Waals surface area contributed by atoms with E-state index < -0.39 is 0 Å². The predicted molar refractivity (Wildman–Crippen MR) is 72.6 cm³/mol. The number of hydrogen-bond acceptors (Lipinski definition) is 3. The fraction of sp³-hybridized carbons (Fsp3) is 0.692. The summed E-state index contributed by atoms with van der Waals surface area (Å²) in [5, 5.41) is 4.41. The lowest BCUT2D eigenvalue weighted by Crippen LogP contribution is -2.24. The third-order valence-corrected chi connectivity index (χ3v) is 4.62. The van der Waals surface area contributed by atoms with E-state index in [1.807, 2.05) is 25.5 Å². The van der Waals surface area contributed by atoms with Gasteiger partial charge in [-0.15, -0.1) is 0 Å². The molecule has 1 aliphatic rings. The standard InChI is InChI=1S/C13H19BrN2O2/c1-4-16-11(13(14)8(2)15-16)7-12(17)10-5-6-18-9(10)3/h9-10H,4-7H2,1-3H3. The third-order valence-electron chi connectivity index (χ3n) is 3.58. The maximum atomic E-state index is 12.3. The summed E-state index contributed by atoms with van der Waals surface area (Å²) in [7, 11) is 0. The summed E-state index contributed by atoms with van der Waals surface area (Å²) < 4.78 is 8.32. The lowest BCUT2D eigenvalue weighted by Gasteiger charge is -2.13. The SMILES string of the molecule is CCn1nc(C)c(Br)c1CC(=O)C1CCOC1C. The molecule has 0 saturated carbocycles. The van der Waals surface area contributed by atoms with Gasteiger partial charge < -0.3 is 4.74 Å². The van der Waals surface area contributed by atoms with Gasteiger partial charge in [-0.25, -0.2) is 0 Å². The van der Waals surface area contributed by atoms with E-state index in [1.54, 1.807) is 0 Å². The first-order chi connectivity index (χ1) is 8.54. The Morgan fingerprint density at radius 1 is 1.61 bits per heavy atom. The van der Waals surface area contributed by atoms with Crippen molar-refractivity contribution in [3.05, 3.63) is 15.9 Å². The molecular formula is C13H19BrN2O2. The zero-order valence-electron chi connectivity index (χ0n) is 11.1. The number of ketones is 1. The van der Waals surface area contributed by atoms with Gasteiger partial charge in [-0.3, -0.25) is 9.48 Å². The van der Waals surface area contributed by atoms with Crippen molar-refractivity contribution in [1.82, 2.24) is 9.78 Å². The number of carbonyl (C=O) groups excluding carboxylic acids is 1. The second kappa shape index (κ2) is 5.53. The second-order valence-electron chi connectivity index (χ2n) is 4.78. The zero-order chi connectivity index (χ0) is 13.3. The average Bonchev–Trinajstić information content (AvgIpc) is 2.87. The van der Waals surface area contributed by atoms with Gasteiger partial charge in [0.15, 0.2) is 0 Å². The molecule has 1 saturated heterocycles. The average molecular weight is 315 g/mol. The quantitative estimate of drug-likeness (QED) is 0.857. The summed E-state index contributed by atoms with van der Waals surface area (Å²) in [6.07, 6.45) is 1.33. The van der Waals surface area contributed by atoms with E-state index >= 15 is 0 Å². The minimum atomic E-state index is 0.0393.